The number of pyridine rings is 1. The zero-order valence-electron chi connectivity index (χ0n) is 9.04. The lowest BCUT2D eigenvalue weighted by atomic mass is 10.1. The van der Waals surface area contributed by atoms with Crippen molar-refractivity contribution in [2.24, 2.45) is 0 Å². The molecule has 0 saturated heterocycles. The Morgan fingerprint density at radius 1 is 1.41 bits per heavy atom. The van der Waals surface area contributed by atoms with Crippen LogP contribution < -0.4 is 0 Å². The van der Waals surface area contributed by atoms with Crippen molar-refractivity contribution in [2.45, 2.75) is 6.42 Å². The maximum atomic E-state index is 11.3. The largest absolute Gasteiger partial charge is 0.469 e. The molecule has 0 amide bonds. The van der Waals surface area contributed by atoms with E-state index in [-0.39, 0.29) is 12.4 Å². The molecule has 0 N–H and O–H groups in total. The van der Waals surface area contributed by atoms with Crippen molar-refractivity contribution in [3.63, 3.8) is 0 Å². The number of methoxy groups -OCH3 is 1. The normalized spacial score (nSPS) is 10.5. The number of rotatable bonds is 2. The van der Waals surface area contributed by atoms with Gasteiger partial charge in [0.05, 0.1) is 24.2 Å². The molecule has 1 aromatic carbocycles. The van der Waals surface area contributed by atoms with Gasteiger partial charge in [0, 0.05) is 16.6 Å². The molecule has 17 heavy (non-hydrogen) atoms. The first kappa shape index (κ1) is 12.1. The smallest absolute Gasteiger partial charge is 0.311 e. The molecule has 2 aromatic rings. The second-order valence-electron chi connectivity index (χ2n) is 3.50. The molecule has 0 radical (unpaired) electrons. The van der Waals surface area contributed by atoms with Crippen LogP contribution >= 0.6 is 23.2 Å². The highest BCUT2D eigenvalue weighted by molar-refractivity contribution is 6.38. The quantitative estimate of drug-likeness (QED) is 0.786. The Hall–Kier alpha value is -1.32. The molecule has 1 aromatic heterocycles. The van der Waals surface area contributed by atoms with Gasteiger partial charge in [-0.3, -0.25) is 9.78 Å². The molecule has 0 spiro atoms. The zero-order valence-corrected chi connectivity index (χ0v) is 10.5. The fourth-order valence-electron chi connectivity index (χ4n) is 1.64. The minimum Gasteiger partial charge on any atom is -0.469 e. The first-order chi connectivity index (χ1) is 8.11. The van der Waals surface area contributed by atoms with Crippen LogP contribution in [0.4, 0.5) is 0 Å². The van der Waals surface area contributed by atoms with E-state index < -0.39 is 0 Å². The second kappa shape index (κ2) is 4.90. The highest BCUT2D eigenvalue weighted by Gasteiger charge is 2.11. The van der Waals surface area contributed by atoms with Gasteiger partial charge in [0.2, 0.25) is 0 Å². The van der Waals surface area contributed by atoms with E-state index in [1.165, 1.54) is 7.11 Å². The fourth-order valence-corrected chi connectivity index (χ4v) is 2.26. The maximum Gasteiger partial charge on any atom is 0.311 e. The average Bonchev–Trinajstić information content (AvgIpc) is 2.28. The van der Waals surface area contributed by atoms with Gasteiger partial charge in [-0.1, -0.05) is 23.2 Å². The fraction of sp³-hybridized carbons (Fsp3) is 0.167. The van der Waals surface area contributed by atoms with Crippen LogP contribution in [0.15, 0.2) is 24.4 Å². The molecule has 0 aliphatic heterocycles. The number of nitrogens with zero attached hydrogens (tertiary/aromatic N) is 1. The highest BCUT2D eigenvalue weighted by Crippen LogP contribution is 2.29. The molecule has 0 aliphatic carbocycles. The van der Waals surface area contributed by atoms with Gasteiger partial charge in [-0.25, -0.2) is 0 Å². The van der Waals surface area contributed by atoms with Crippen LogP contribution in [-0.2, 0) is 16.0 Å². The zero-order chi connectivity index (χ0) is 12.4. The summed E-state index contributed by atoms with van der Waals surface area (Å²) < 4.78 is 4.62. The molecule has 0 aliphatic rings. The van der Waals surface area contributed by atoms with Gasteiger partial charge in [0.15, 0.2) is 0 Å². The van der Waals surface area contributed by atoms with Crippen molar-refractivity contribution >= 4 is 39.9 Å². The van der Waals surface area contributed by atoms with E-state index in [4.69, 9.17) is 23.2 Å². The third-order valence-corrected chi connectivity index (χ3v) is 2.91. The van der Waals surface area contributed by atoms with E-state index >= 15 is 0 Å². The molecule has 5 heteroatoms. The molecule has 0 saturated carbocycles. The molecule has 0 fully saturated rings. The SMILES string of the molecule is COC(=O)Cc1nccc2cc(Cl)cc(Cl)c12. The van der Waals surface area contributed by atoms with Crippen molar-refractivity contribution in [1.82, 2.24) is 4.98 Å². The monoisotopic (exact) mass is 269 g/mol. The van der Waals surface area contributed by atoms with E-state index in [0.717, 1.165) is 10.8 Å². The summed E-state index contributed by atoms with van der Waals surface area (Å²) in [6.45, 7) is 0. The van der Waals surface area contributed by atoms with Crippen LogP contribution in [0.3, 0.4) is 0 Å². The van der Waals surface area contributed by atoms with E-state index in [1.54, 1.807) is 24.4 Å². The van der Waals surface area contributed by atoms with Gasteiger partial charge < -0.3 is 4.74 Å². The lowest BCUT2D eigenvalue weighted by molar-refractivity contribution is -0.139. The number of hydrogen-bond acceptors (Lipinski definition) is 3. The number of halogens is 2. The maximum absolute atomic E-state index is 11.3. The van der Waals surface area contributed by atoms with Gasteiger partial charge in [0.25, 0.3) is 0 Å². The molecule has 1 heterocycles. The number of ether oxygens (including phenoxy) is 1. The molecule has 3 nitrogen and oxygen atoms in total. The Morgan fingerprint density at radius 3 is 2.88 bits per heavy atom. The number of fused-ring (bicyclic) bond motifs is 1. The third-order valence-electron chi connectivity index (χ3n) is 2.40. The Morgan fingerprint density at radius 2 is 2.18 bits per heavy atom. The highest BCUT2D eigenvalue weighted by atomic mass is 35.5. The first-order valence-electron chi connectivity index (χ1n) is 4.91. The van der Waals surface area contributed by atoms with E-state index in [0.29, 0.717) is 15.7 Å². The minimum atomic E-state index is -0.351. The Labute approximate surface area is 108 Å². The number of benzene rings is 1. The Balaban J connectivity index is 2.60. The number of aromatic nitrogens is 1. The predicted octanol–water partition coefficient (Wildman–Crippen LogP) is 3.26. The average molecular weight is 270 g/mol. The third kappa shape index (κ3) is 2.51. The van der Waals surface area contributed by atoms with Gasteiger partial charge in [-0.15, -0.1) is 0 Å². The van der Waals surface area contributed by atoms with Crippen LogP contribution in [0.1, 0.15) is 5.69 Å². The van der Waals surface area contributed by atoms with Gasteiger partial charge >= 0.3 is 5.97 Å². The van der Waals surface area contributed by atoms with Gasteiger partial charge in [-0.05, 0) is 23.6 Å². The summed E-state index contributed by atoms with van der Waals surface area (Å²) in [7, 11) is 1.34. The summed E-state index contributed by atoms with van der Waals surface area (Å²) in [5.41, 5.74) is 0.594. The second-order valence-corrected chi connectivity index (χ2v) is 4.34. The van der Waals surface area contributed by atoms with Crippen LogP contribution in [0, 0.1) is 0 Å². The molecular formula is C12H9Cl2NO2. The van der Waals surface area contributed by atoms with Crippen molar-refractivity contribution in [2.75, 3.05) is 7.11 Å². The molecule has 2 rings (SSSR count). The molecule has 0 bridgehead atoms. The summed E-state index contributed by atoms with van der Waals surface area (Å²) >= 11 is 12.0. The van der Waals surface area contributed by atoms with Crippen LogP contribution in [0.5, 0.6) is 0 Å². The van der Waals surface area contributed by atoms with Crippen LogP contribution in [-0.4, -0.2) is 18.1 Å². The van der Waals surface area contributed by atoms with Crippen molar-refractivity contribution < 1.29 is 9.53 Å². The number of carbonyl (C=O) groups is 1. The van der Waals surface area contributed by atoms with E-state index in [2.05, 4.69) is 9.72 Å². The number of esters is 1. The van der Waals surface area contributed by atoms with E-state index in [1.807, 2.05) is 0 Å². The van der Waals surface area contributed by atoms with Gasteiger partial charge in [-0.2, -0.15) is 0 Å². The first-order valence-corrected chi connectivity index (χ1v) is 5.67. The van der Waals surface area contributed by atoms with Crippen molar-refractivity contribution in [1.29, 1.82) is 0 Å². The lowest BCUT2D eigenvalue weighted by Gasteiger charge is -2.07. The molecule has 0 unspecified atom stereocenters. The molecule has 0 atom stereocenters. The number of hydrogen-bond donors (Lipinski definition) is 0. The summed E-state index contributed by atoms with van der Waals surface area (Å²) in [4.78, 5) is 15.4. The van der Waals surface area contributed by atoms with Crippen molar-refractivity contribution in [3.8, 4) is 0 Å². The molecular weight excluding hydrogens is 261 g/mol. The van der Waals surface area contributed by atoms with E-state index in [9.17, 15) is 4.79 Å². The number of carbonyl (C=O) groups excluding carboxylic acids is 1. The lowest BCUT2D eigenvalue weighted by Crippen LogP contribution is -2.06. The summed E-state index contributed by atoms with van der Waals surface area (Å²) in [5.74, 6) is -0.351. The summed E-state index contributed by atoms with van der Waals surface area (Å²) in [6, 6.07) is 5.22. The van der Waals surface area contributed by atoms with Crippen LogP contribution in [0.25, 0.3) is 10.8 Å². The standard InChI is InChI=1S/C12H9Cl2NO2/c1-17-11(16)6-10-12-7(2-3-15-10)4-8(13)5-9(12)14/h2-5H,6H2,1H3. The predicted molar refractivity (Wildman–Crippen MR) is 67.5 cm³/mol. The Bertz CT molecular complexity index is 584. The van der Waals surface area contributed by atoms with Crippen LogP contribution in [0.2, 0.25) is 10.0 Å². The summed E-state index contributed by atoms with van der Waals surface area (Å²) in [6.07, 6.45) is 1.71. The van der Waals surface area contributed by atoms with Crippen molar-refractivity contribution in [3.05, 3.63) is 40.1 Å². The topological polar surface area (TPSA) is 39.2 Å². The summed E-state index contributed by atoms with van der Waals surface area (Å²) in [5, 5.41) is 2.64. The van der Waals surface area contributed by atoms with Gasteiger partial charge in [0.1, 0.15) is 0 Å². The Kier molecular flexibility index (Phi) is 3.50. The minimum absolute atomic E-state index is 0.0925. The molecule has 88 valence electrons.